The second-order valence-electron chi connectivity index (χ2n) is 4.10. The summed E-state index contributed by atoms with van der Waals surface area (Å²) in [5.74, 6) is -1.10. The first-order valence-electron chi connectivity index (χ1n) is 4.87. The fraction of sp³-hybridized carbons (Fsp3) is 0.778. The molecule has 0 spiro atoms. The number of carboxylic acid groups (broad SMARTS) is 1. The van der Waals surface area contributed by atoms with Crippen molar-refractivity contribution in [3.63, 3.8) is 0 Å². The van der Waals surface area contributed by atoms with Gasteiger partial charge in [0.1, 0.15) is 0 Å². The molecule has 15 heavy (non-hydrogen) atoms. The molecular weight excluding hydrogens is 198 g/mol. The third-order valence-electron chi connectivity index (χ3n) is 2.61. The van der Waals surface area contributed by atoms with E-state index in [0.29, 0.717) is 13.1 Å². The lowest BCUT2D eigenvalue weighted by molar-refractivity contribution is -0.144. The SMILES string of the molecule is CC(C(=O)O)C1CN(C(=O)NN(C)C)C1. The van der Waals surface area contributed by atoms with Crippen molar-refractivity contribution in [2.75, 3.05) is 27.2 Å². The summed E-state index contributed by atoms with van der Waals surface area (Å²) in [7, 11) is 3.46. The Kier molecular flexibility index (Phi) is 3.52. The summed E-state index contributed by atoms with van der Waals surface area (Å²) in [5, 5.41) is 10.3. The smallest absolute Gasteiger partial charge is 0.331 e. The number of likely N-dealkylation sites (tertiary alicyclic amines) is 1. The van der Waals surface area contributed by atoms with Crippen molar-refractivity contribution in [3.8, 4) is 0 Å². The van der Waals surface area contributed by atoms with E-state index in [2.05, 4.69) is 5.43 Å². The van der Waals surface area contributed by atoms with E-state index in [1.165, 1.54) is 0 Å². The number of rotatable bonds is 3. The van der Waals surface area contributed by atoms with Crippen LogP contribution < -0.4 is 5.43 Å². The molecule has 0 aliphatic carbocycles. The highest BCUT2D eigenvalue weighted by Crippen LogP contribution is 2.23. The number of nitrogens with one attached hydrogen (secondary N) is 1. The van der Waals surface area contributed by atoms with Gasteiger partial charge in [-0.15, -0.1) is 0 Å². The van der Waals surface area contributed by atoms with Crippen molar-refractivity contribution < 1.29 is 14.7 Å². The van der Waals surface area contributed by atoms with Crippen LogP contribution in [0, 0.1) is 11.8 Å². The monoisotopic (exact) mass is 215 g/mol. The number of hydrogen-bond acceptors (Lipinski definition) is 3. The van der Waals surface area contributed by atoms with Gasteiger partial charge in [0, 0.05) is 33.1 Å². The molecule has 2 amide bonds. The number of aliphatic carboxylic acids is 1. The summed E-state index contributed by atoms with van der Waals surface area (Å²) >= 11 is 0. The van der Waals surface area contributed by atoms with E-state index in [9.17, 15) is 9.59 Å². The van der Waals surface area contributed by atoms with Gasteiger partial charge in [-0.25, -0.2) is 9.80 Å². The van der Waals surface area contributed by atoms with E-state index in [4.69, 9.17) is 5.11 Å². The summed E-state index contributed by atoms with van der Waals surface area (Å²) < 4.78 is 0. The summed E-state index contributed by atoms with van der Waals surface area (Å²) in [6.07, 6.45) is 0. The summed E-state index contributed by atoms with van der Waals surface area (Å²) in [6, 6.07) is -0.172. The van der Waals surface area contributed by atoms with E-state index in [0.717, 1.165) is 0 Å². The van der Waals surface area contributed by atoms with Crippen LogP contribution >= 0.6 is 0 Å². The number of hydrogen-bond donors (Lipinski definition) is 2. The number of nitrogens with zero attached hydrogens (tertiary/aromatic N) is 2. The maximum absolute atomic E-state index is 11.4. The fourth-order valence-corrected chi connectivity index (χ4v) is 1.46. The average molecular weight is 215 g/mol. The number of carbonyl (C=O) groups is 2. The molecule has 0 aromatic heterocycles. The average Bonchev–Trinajstić information content (AvgIpc) is 1.99. The van der Waals surface area contributed by atoms with Gasteiger partial charge in [-0.05, 0) is 0 Å². The van der Waals surface area contributed by atoms with Gasteiger partial charge in [-0.2, -0.15) is 0 Å². The Labute approximate surface area is 88.8 Å². The molecule has 0 aromatic rings. The number of carbonyl (C=O) groups excluding carboxylic acids is 1. The predicted octanol–water partition coefficient (Wildman–Crippen LogP) is -0.175. The molecule has 1 aliphatic rings. The first kappa shape index (κ1) is 11.8. The lowest BCUT2D eigenvalue weighted by Gasteiger charge is -2.41. The zero-order chi connectivity index (χ0) is 11.6. The largest absolute Gasteiger partial charge is 0.481 e. The first-order valence-corrected chi connectivity index (χ1v) is 4.87. The minimum atomic E-state index is -0.798. The Bertz CT molecular complexity index is 261. The van der Waals surface area contributed by atoms with Crippen LogP contribution in [0.15, 0.2) is 0 Å². The Balaban J connectivity index is 2.31. The highest BCUT2D eigenvalue weighted by molar-refractivity contribution is 5.75. The van der Waals surface area contributed by atoms with Gasteiger partial charge in [0.25, 0.3) is 0 Å². The van der Waals surface area contributed by atoms with Crippen LogP contribution in [0.3, 0.4) is 0 Å². The topological polar surface area (TPSA) is 72.9 Å². The van der Waals surface area contributed by atoms with Crippen LogP contribution in [-0.4, -0.2) is 54.2 Å². The molecule has 1 rings (SSSR count). The molecule has 1 unspecified atom stereocenters. The molecule has 1 heterocycles. The normalized spacial score (nSPS) is 18.5. The van der Waals surface area contributed by atoms with Crippen molar-refractivity contribution in [3.05, 3.63) is 0 Å². The number of urea groups is 1. The molecular formula is C9H17N3O3. The van der Waals surface area contributed by atoms with Crippen LogP contribution in [-0.2, 0) is 4.79 Å². The molecule has 1 aliphatic heterocycles. The molecule has 0 radical (unpaired) electrons. The second-order valence-corrected chi connectivity index (χ2v) is 4.10. The van der Waals surface area contributed by atoms with Gasteiger partial charge in [0.05, 0.1) is 5.92 Å². The second kappa shape index (κ2) is 4.48. The Morgan fingerprint density at radius 1 is 1.47 bits per heavy atom. The molecule has 1 saturated heterocycles. The van der Waals surface area contributed by atoms with E-state index < -0.39 is 5.97 Å². The van der Waals surface area contributed by atoms with Gasteiger partial charge in [-0.3, -0.25) is 10.2 Å². The molecule has 2 N–H and O–H groups in total. The van der Waals surface area contributed by atoms with Gasteiger partial charge in [0.2, 0.25) is 0 Å². The summed E-state index contributed by atoms with van der Waals surface area (Å²) in [4.78, 5) is 23.7. The highest BCUT2D eigenvalue weighted by Gasteiger charge is 2.37. The zero-order valence-electron chi connectivity index (χ0n) is 9.23. The van der Waals surface area contributed by atoms with Crippen LogP contribution in [0.25, 0.3) is 0 Å². The Morgan fingerprint density at radius 2 is 2.00 bits per heavy atom. The van der Waals surface area contributed by atoms with Gasteiger partial charge < -0.3 is 10.0 Å². The maximum Gasteiger partial charge on any atom is 0.331 e. The van der Waals surface area contributed by atoms with Crippen molar-refractivity contribution in [2.45, 2.75) is 6.92 Å². The number of hydrazine groups is 1. The van der Waals surface area contributed by atoms with Crippen molar-refractivity contribution in [1.29, 1.82) is 0 Å². The molecule has 6 nitrogen and oxygen atoms in total. The van der Waals surface area contributed by atoms with Crippen molar-refractivity contribution in [1.82, 2.24) is 15.3 Å². The summed E-state index contributed by atoms with van der Waals surface area (Å²) in [6.45, 7) is 2.72. The standard InChI is InChI=1S/C9H17N3O3/c1-6(8(13)14)7-4-12(5-7)9(15)10-11(2)3/h6-7H,4-5H2,1-3H3,(H,10,15)(H,13,14). The Hall–Kier alpha value is -1.30. The van der Waals surface area contributed by atoms with Crippen molar-refractivity contribution >= 4 is 12.0 Å². The van der Waals surface area contributed by atoms with E-state index in [-0.39, 0.29) is 17.9 Å². The predicted molar refractivity (Wildman–Crippen MR) is 54.1 cm³/mol. The molecule has 1 atom stereocenters. The molecule has 0 aromatic carbocycles. The summed E-state index contributed by atoms with van der Waals surface area (Å²) in [5.41, 5.74) is 2.61. The fourth-order valence-electron chi connectivity index (χ4n) is 1.46. The van der Waals surface area contributed by atoms with Crippen LogP contribution in [0.1, 0.15) is 6.92 Å². The van der Waals surface area contributed by atoms with E-state index >= 15 is 0 Å². The highest BCUT2D eigenvalue weighted by atomic mass is 16.4. The van der Waals surface area contributed by atoms with Gasteiger partial charge in [0.15, 0.2) is 0 Å². The first-order chi connectivity index (χ1) is 6.91. The maximum atomic E-state index is 11.4. The van der Waals surface area contributed by atoms with Crippen molar-refractivity contribution in [2.24, 2.45) is 11.8 Å². The third-order valence-corrected chi connectivity index (χ3v) is 2.61. The van der Waals surface area contributed by atoms with Crippen LogP contribution in [0.4, 0.5) is 4.79 Å². The van der Waals surface area contributed by atoms with Gasteiger partial charge >= 0.3 is 12.0 Å². The van der Waals surface area contributed by atoms with Crippen LogP contribution in [0.2, 0.25) is 0 Å². The lowest BCUT2D eigenvalue weighted by atomic mass is 9.87. The van der Waals surface area contributed by atoms with E-state index in [1.54, 1.807) is 30.9 Å². The minimum Gasteiger partial charge on any atom is -0.481 e. The van der Waals surface area contributed by atoms with Crippen LogP contribution in [0.5, 0.6) is 0 Å². The van der Waals surface area contributed by atoms with E-state index in [1.807, 2.05) is 0 Å². The molecule has 1 fully saturated rings. The molecule has 0 bridgehead atoms. The third kappa shape index (κ3) is 2.82. The Morgan fingerprint density at radius 3 is 2.40 bits per heavy atom. The number of carboxylic acids is 1. The molecule has 0 saturated carbocycles. The lowest BCUT2D eigenvalue weighted by Crippen LogP contribution is -2.58. The zero-order valence-corrected chi connectivity index (χ0v) is 9.23. The molecule has 6 heteroatoms. The molecule has 86 valence electrons. The number of amides is 2. The quantitative estimate of drug-likeness (QED) is 0.641. The van der Waals surface area contributed by atoms with Gasteiger partial charge in [-0.1, -0.05) is 6.92 Å². The minimum absolute atomic E-state index is 0.0791.